The molecule has 2 aliphatic heterocycles. The van der Waals surface area contributed by atoms with Crippen LogP contribution in [0.1, 0.15) is 6.42 Å². The summed E-state index contributed by atoms with van der Waals surface area (Å²) in [5, 5.41) is 11.8. The predicted octanol–water partition coefficient (Wildman–Crippen LogP) is -0.404. The Morgan fingerprint density at radius 3 is 2.72 bits per heavy atom. The first-order valence-electron chi connectivity index (χ1n) is 5.51. The van der Waals surface area contributed by atoms with Crippen molar-refractivity contribution in [3.8, 4) is 0 Å². The van der Waals surface area contributed by atoms with Crippen molar-refractivity contribution in [1.29, 1.82) is 0 Å². The topological polar surface area (TPSA) is 86.7 Å². The Bertz CT molecular complexity index is 382. The molecule has 2 saturated heterocycles. The maximum atomic E-state index is 11.8. The molecule has 0 saturated carbocycles. The number of thioether (sulfide) groups is 2. The zero-order valence-corrected chi connectivity index (χ0v) is 11.3. The molecule has 0 bridgehead atoms. The van der Waals surface area contributed by atoms with Crippen molar-refractivity contribution in [2.75, 3.05) is 29.7 Å². The number of amides is 2. The highest BCUT2D eigenvalue weighted by Crippen LogP contribution is 2.28. The molecule has 2 aliphatic rings. The van der Waals surface area contributed by atoms with E-state index in [1.165, 1.54) is 28.4 Å². The third kappa shape index (κ3) is 2.74. The van der Waals surface area contributed by atoms with Crippen molar-refractivity contribution in [3.05, 3.63) is 0 Å². The molecule has 2 heterocycles. The average Bonchev–Trinajstić information content (AvgIpc) is 2.90. The second-order valence-electron chi connectivity index (χ2n) is 4.31. The molecule has 0 aromatic heterocycles. The van der Waals surface area contributed by atoms with E-state index in [0.717, 1.165) is 5.75 Å². The van der Waals surface area contributed by atoms with Crippen LogP contribution in [0, 0.1) is 0 Å². The Morgan fingerprint density at radius 1 is 1.44 bits per heavy atom. The smallest absolute Gasteiger partial charge is 0.330 e. The maximum absolute atomic E-state index is 11.8. The molecule has 2 N–H and O–H groups in total. The molecule has 0 aliphatic carbocycles. The predicted molar refractivity (Wildman–Crippen MR) is 69.5 cm³/mol. The minimum atomic E-state index is -1.16. The van der Waals surface area contributed by atoms with E-state index in [4.69, 9.17) is 0 Å². The highest BCUT2D eigenvalue weighted by molar-refractivity contribution is 8.00. The first-order chi connectivity index (χ1) is 8.53. The molecular formula is C10H14N2O4S2. The lowest BCUT2D eigenvalue weighted by atomic mass is 9.99. The molecule has 0 spiro atoms. The number of hydrogen-bond donors (Lipinski definition) is 2. The van der Waals surface area contributed by atoms with Crippen LogP contribution in [0.2, 0.25) is 0 Å². The van der Waals surface area contributed by atoms with E-state index in [9.17, 15) is 19.5 Å². The Balaban J connectivity index is 1.93. The Morgan fingerprint density at radius 2 is 2.22 bits per heavy atom. The van der Waals surface area contributed by atoms with Gasteiger partial charge < -0.3 is 15.3 Å². The third-order valence-corrected chi connectivity index (χ3v) is 5.10. The molecule has 0 aromatic rings. The van der Waals surface area contributed by atoms with E-state index in [2.05, 4.69) is 5.32 Å². The second kappa shape index (κ2) is 5.40. The van der Waals surface area contributed by atoms with E-state index in [1.807, 2.05) is 0 Å². The summed E-state index contributed by atoms with van der Waals surface area (Å²) in [6, 6.07) is 0. The van der Waals surface area contributed by atoms with Gasteiger partial charge in [0.1, 0.15) is 12.1 Å². The van der Waals surface area contributed by atoms with Crippen molar-refractivity contribution in [1.82, 2.24) is 10.2 Å². The van der Waals surface area contributed by atoms with E-state index in [1.54, 1.807) is 0 Å². The first-order valence-corrected chi connectivity index (χ1v) is 7.82. The van der Waals surface area contributed by atoms with Crippen LogP contribution in [0.3, 0.4) is 0 Å². The molecular weight excluding hydrogens is 276 g/mol. The van der Waals surface area contributed by atoms with E-state index < -0.39 is 17.4 Å². The van der Waals surface area contributed by atoms with Gasteiger partial charge in [-0.25, -0.2) is 4.79 Å². The van der Waals surface area contributed by atoms with Crippen LogP contribution < -0.4 is 5.32 Å². The average molecular weight is 290 g/mol. The number of nitrogens with one attached hydrogen (secondary N) is 1. The van der Waals surface area contributed by atoms with Gasteiger partial charge in [-0.1, -0.05) is 0 Å². The normalized spacial score (nSPS) is 27.6. The lowest BCUT2D eigenvalue weighted by molar-refractivity contribution is -0.146. The van der Waals surface area contributed by atoms with Gasteiger partial charge in [-0.15, -0.1) is 11.8 Å². The number of carbonyl (C=O) groups excluding carboxylic acids is 2. The van der Waals surface area contributed by atoms with Crippen molar-refractivity contribution < 1.29 is 19.5 Å². The number of carboxylic acid groups (broad SMARTS) is 1. The number of carboxylic acids is 1. The van der Waals surface area contributed by atoms with Crippen LogP contribution in [-0.2, 0) is 14.4 Å². The van der Waals surface area contributed by atoms with Gasteiger partial charge in [0, 0.05) is 5.75 Å². The van der Waals surface area contributed by atoms with Gasteiger partial charge in [-0.2, -0.15) is 11.8 Å². The summed E-state index contributed by atoms with van der Waals surface area (Å²) in [5.74, 6) is 0.551. The Labute approximate surface area is 113 Å². The van der Waals surface area contributed by atoms with Gasteiger partial charge >= 0.3 is 5.97 Å². The number of nitrogens with zero attached hydrogens (tertiary/aromatic N) is 1. The molecule has 100 valence electrons. The standard InChI is InChI=1S/C10H14N2O4S2/c13-7(3-12-6-18-4-8(12)14)11-10(9(15)16)1-2-17-5-10/h1-6H2,(H,11,13)(H,15,16). The van der Waals surface area contributed by atoms with E-state index in [-0.39, 0.29) is 12.5 Å². The van der Waals surface area contributed by atoms with Crippen LogP contribution in [0.4, 0.5) is 0 Å². The summed E-state index contributed by atoms with van der Waals surface area (Å²) in [6.07, 6.45) is 0.432. The molecule has 8 heteroatoms. The molecule has 2 rings (SSSR count). The second-order valence-corrected chi connectivity index (χ2v) is 6.37. The molecule has 1 unspecified atom stereocenters. The Hall–Kier alpha value is -0.890. The highest BCUT2D eigenvalue weighted by atomic mass is 32.2. The molecule has 0 aromatic carbocycles. The fourth-order valence-electron chi connectivity index (χ4n) is 1.91. The van der Waals surface area contributed by atoms with Crippen molar-refractivity contribution in [2.45, 2.75) is 12.0 Å². The number of hydrogen-bond acceptors (Lipinski definition) is 5. The number of rotatable bonds is 4. The van der Waals surface area contributed by atoms with Crippen LogP contribution in [0.5, 0.6) is 0 Å². The lowest BCUT2D eigenvalue weighted by Crippen LogP contribution is -2.56. The fraction of sp³-hybridized carbons (Fsp3) is 0.700. The van der Waals surface area contributed by atoms with Gasteiger partial charge in [0.25, 0.3) is 0 Å². The quantitative estimate of drug-likeness (QED) is 0.732. The third-order valence-electron chi connectivity index (χ3n) is 2.97. The van der Waals surface area contributed by atoms with Crippen LogP contribution in [0.25, 0.3) is 0 Å². The minimum Gasteiger partial charge on any atom is -0.479 e. The molecule has 2 amide bonds. The summed E-state index contributed by atoms with van der Waals surface area (Å²) in [4.78, 5) is 35.9. The van der Waals surface area contributed by atoms with Gasteiger partial charge in [-0.3, -0.25) is 9.59 Å². The summed E-state index contributed by atoms with van der Waals surface area (Å²) in [7, 11) is 0. The zero-order valence-electron chi connectivity index (χ0n) is 9.68. The van der Waals surface area contributed by atoms with Gasteiger partial charge in [0.05, 0.1) is 11.6 Å². The van der Waals surface area contributed by atoms with Crippen molar-refractivity contribution >= 4 is 41.3 Å². The highest BCUT2D eigenvalue weighted by Gasteiger charge is 2.43. The molecule has 2 fully saturated rings. The number of aliphatic carboxylic acids is 1. The molecule has 18 heavy (non-hydrogen) atoms. The first kappa shape index (κ1) is 13.5. The van der Waals surface area contributed by atoms with Crippen molar-refractivity contribution in [2.24, 2.45) is 0 Å². The van der Waals surface area contributed by atoms with E-state index in [0.29, 0.717) is 23.8 Å². The SMILES string of the molecule is O=C(CN1CSCC1=O)NC1(C(=O)O)CCSC1. The summed E-state index contributed by atoms with van der Waals surface area (Å²) in [6.45, 7) is -0.0501. The zero-order chi connectivity index (χ0) is 13.2. The lowest BCUT2D eigenvalue weighted by Gasteiger charge is -2.25. The molecule has 0 radical (unpaired) electrons. The van der Waals surface area contributed by atoms with Gasteiger partial charge in [0.2, 0.25) is 11.8 Å². The van der Waals surface area contributed by atoms with Crippen molar-refractivity contribution in [3.63, 3.8) is 0 Å². The molecule has 1 atom stereocenters. The minimum absolute atomic E-state index is 0.0501. The Kier molecular flexibility index (Phi) is 4.06. The number of carbonyl (C=O) groups is 3. The largest absolute Gasteiger partial charge is 0.479 e. The van der Waals surface area contributed by atoms with Crippen LogP contribution in [-0.4, -0.2) is 63.0 Å². The summed E-state index contributed by atoms with van der Waals surface area (Å²) in [5.41, 5.74) is -1.16. The van der Waals surface area contributed by atoms with Crippen LogP contribution >= 0.6 is 23.5 Å². The summed E-state index contributed by atoms with van der Waals surface area (Å²) < 4.78 is 0. The van der Waals surface area contributed by atoms with Gasteiger partial charge in [0.15, 0.2) is 0 Å². The molecule has 6 nitrogen and oxygen atoms in total. The maximum Gasteiger partial charge on any atom is 0.330 e. The monoisotopic (exact) mass is 290 g/mol. The fourth-order valence-corrected chi connectivity index (χ4v) is 4.14. The van der Waals surface area contributed by atoms with Crippen LogP contribution in [0.15, 0.2) is 0 Å². The van der Waals surface area contributed by atoms with E-state index >= 15 is 0 Å². The van der Waals surface area contributed by atoms with Gasteiger partial charge in [-0.05, 0) is 12.2 Å². The summed E-state index contributed by atoms with van der Waals surface area (Å²) >= 11 is 2.97.